The van der Waals surface area contributed by atoms with E-state index in [2.05, 4.69) is 26.2 Å². The monoisotopic (exact) mass is 364 g/mol. The zero-order valence-corrected chi connectivity index (χ0v) is 12.9. The molecule has 0 aliphatic carbocycles. The van der Waals surface area contributed by atoms with E-state index in [-0.39, 0.29) is 0 Å². The molecule has 0 saturated carbocycles. The second-order valence-electron chi connectivity index (χ2n) is 3.52. The summed E-state index contributed by atoms with van der Waals surface area (Å²) in [6.45, 7) is 0.475. The van der Waals surface area contributed by atoms with Crippen molar-refractivity contribution in [2.24, 2.45) is 0 Å². The lowest BCUT2D eigenvalue weighted by molar-refractivity contribution is 1.13. The number of hydrogen-bond donors (Lipinski definition) is 1. The molecule has 1 aromatic carbocycles. The number of halogens is 4. The lowest BCUT2D eigenvalue weighted by atomic mass is 10.2. The molecule has 1 heterocycles. The van der Waals surface area contributed by atoms with Gasteiger partial charge in [-0.2, -0.15) is 0 Å². The van der Waals surface area contributed by atoms with E-state index in [4.69, 9.17) is 34.8 Å². The van der Waals surface area contributed by atoms with E-state index in [9.17, 15) is 0 Å². The van der Waals surface area contributed by atoms with E-state index in [0.29, 0.717) is 21.6 Å². The van der Waals surface area contributed by atoms with Gasteiger partial charge >= 0.3 is 0 Å². The molecule has 0 atom stereocenters. The maximum Gasteiger partial charge on any atom is 0.129 e. The van der Waals surface area contributed by atoms with Crippen LogP contribution >= 0.6 is 50.7 Å². The number of nitrogens with zero attached hydrogens (tertiary/aromatic N) is 1. The average molecular weight is 366 g/mol. The van der Waals surface area contributed by atoms with Gasteiger partial charge in [-0.25, -0.2) is 4.98 Å². The molecular weight excluding hydrogens is 358 g/mol. The third-order valence-electron chi connectivity index (χ3n) is 2.35. The Balaban J connectivity index is 2.21. The molecule has 0 aliphatic heterocycles. The molecule has 2 nitrogen and oxygen atoms in total. The molecule has 94 valence electrons. The number of anilines is 1. The van der Waals surface area contributed by atoms with Gasteiger partial charge in [-0.1, -0.05) is 34.8 Å². The minimum absolute atomic E-state index is 0.469. The van der Waals surface area contributed by atoms with Crippen LogP contribution in [0.5, 0.6) is 0 Å². The normalized spacial score (nSPS) is 10.4. The summed E-state index contributed by atoms with van der Waals surface area (Å²) >= 11 is 21.5. The molecule has 2 rings (SSSR count). The van der Waals surface area contributed by atoms with Gasteiger partial charge in [-0.15, -0.1) is 0 Å². The summed E-state index contributed by atoms with van der Waals surface area (Å²) in [5, 5.41) is 4.74. The zero-order chi connectivity index (χ0) is 13.1. The molecule has 6 heteroatoms. The summed E-state index contributed by atoms with van der Waals surface area (Å²) in [5.74, 6) is 0. The Morgan fingerprint density at radius 3 is 2.56 bits per heavy atom. The molecule has 2 aromatic rings. The Hall–Kier alpha value is -0.480. The van der Waals surface area contributed by atoms with Crippen LogP contribution < -0.4 is 5.32 Å². The first-order valence-electron chi connectivity index (χ1n) is 5.06. The van der Waals surface area contributed by atoms with E-state index in [1.165, 1.54) is 0 Å². The molecular formula is C12H8BrCl3N2. The van der Waals surface area contributed by atoms with Crippen molar-refractivity contribution in [1.29, 1.82) is 0 Å². The second kappa shape index (κ2) is 6.11. The highest BCUT2D eigenvalue weighted by atomic mass is 79.9. The Morgan fingerprint density at radius 1 is 1.11 bits per heavy atom. The molecule has 18 heavy (non-hydrogen) atoms. The van der Waals surface area contributed by atoms with E-state index < -0.39 is 0 Å². The van der Waals surface area contributed by atoms with Gasteiger partial charge in [-0.3, -0.25) is 0 Å². The van der Waals surface area contributed by atoms with Crippen LogP contribution in [0, 0.1) is 0 Å². The number of rotatable bonds is 3. The van der Waals surface area contributed by atoms with Crippen molar-refractivity contribution in [2.45, 2.75) is 6.54 Å². The molecule has 0 aliphatic rings. The number of hydrogen-bond acceptors (Lipinski definition) is 2. The van der Waals surface area contributed by atoms with Crippen LogP contribution in [0.15, 0.2) is 35.1 Å². The maximum atomic E-state index is 6.12. The van der Waals surface area contributed by atoms with Gasteiger partial charge in [0.2, 0.25) is 0 Å². The fraction of sp³-hybridized carbons (Fsp3) is 0.0833. The average Bonchev–Trinajstić information content (AvgIpc) is 2.36. The third kappa shape index (κ3) is 3.09. The van der Waals surface area contributed by atoms with Crippen LogP contribution in [0.1, 0.15) is 5.56 Å². The van der Waals surface area contributed by atoms with Crippen molar-refractivity contribution < 1.29 is 0 Å². The van der Waals surface area contributed by atoms with Crippen LogP contribution in [-0.2, 0) is 6.54 Å². The van der Waals surface area contributed by atoms with E-state index >= 15 is 0 Å². The number of benzene rings is 1. The van der Waals surface area contributed by atoms with Crippen molar-refractivity contribution >= 4 is 56.4 Å². The van der Waals surface area contributed by atoms with Crippen molar-refractivity contribution in [3.8, 4) is 0 Å². The lowest BCUT2D eigenvalue weighted by Gasteiger charge is -2.11. The first kappa shape index (κ1) is 13.9. The van der Waals surface area contributed by atoms with Gasteiger partial charge in [0.1, 0.15) is 4.60 Å². The smallest absolute Gasteiger partial charge is 0.129 e. The molecule has 0 amide bonds. The van der Waals surface area contributed by atoms with Crippen LogP contribution in [0.4, 0.5) is 5.69 Å². The number of aromatic nitrogens is 1. The van der Waals surface area contributed by atoms with Crippen molar-refractivity contribution in [2.75, 3.05) is 5.32 Å². The van der Waals surface area contributed by atoms with Gasteiger partial charge in [0, 0.05) is 23.3 Å². The van der Waals surface area contributed by atoms with Crippen molar-refractivity contribution in [3.63, 3.8) is 0 Å². The quantitative estimate of drug-likeness (QED) is 0.580. The second-order valence-corrected chi connectivity index (χ2v) is 5.46. The Bertz CT molecular complexity index is 575. The molecule has 0 fully saturated rings. The molecule has 1 N–H and O–H groups in total. The molecule has 1 aromatic heterocycles. The summed E-state index contributed by atoms with van der Waals surface area (Å²) in [7, 11) is 0. The fourth-order valence-electron chi connectivity index (χ4n) is 1.43. The summed E-state index contributed by atoms with van der Waals surface area (Å²) in [6.07, 6.45) is 1.70. The van der Waals surface area contributed by atoms with E-state index in [1.807, 2.05) is 12.1 Å². The van der Waals surface area contributed by atoms with Gasteiger partial charge in [0.15, 0.2) is 0 Å². The highest BCUT2D eigenvalue weighted by Gasteiger charge is 2.10. The highest BCUT2D eigenvalue weighted by Crippen LogP contribution is 2.32. The summed E-state index contributed by atoms with van der Waals surface area (Å²) in [6, 6.07) is 7.15. The van der Waals surface area contributed by atoms with E-state index in [1.54, 1.807) is 18.3 Å². The molecule has 0 radical (unpaired) electrons. The van der Waals surface area contributed by atoms with Gasteiger partial charge in [-0.05, 0) is 40.2 Å². The first-order chi connectivity index (χ1) is 8.59. The van der Waals surface area contributed by atoms with Crippen LogP contribution in [0.2, 0.25) is 15.1 Å². The summed E-state index contributed by atoms with van der Waals surface area (Å²) < 4.78 is 0.735. The predicted octanol–water partition coefficient (Wildman–Crippen LogP) is 5.42. The van der Waals surface area contributed by atoms with Gasteiger partial charge < -0.3 is 5.32 Å². The standard InChI is InChI=1S/C12H8BrCl3N2/c13-12-10(2-1-5-17-12)18-6-7-8(14)3-4-9(15)11(7)16/h1-5,18H,6H2. The first-order valence-corrected chi connectivity index (χ1v) is 6.99. The Morgan fingerprint density at radius 2 is 1.83 bits per heavy atom. The Kier molecular flexibility index (Phi) is 4.73. The van der Waals surface area contributed by atoms with Gasteiger partial charge in [0.25, 0.3) is 0 Å². The molecule has 0 bridgehead atoms. The number of nitrogens with one attached hydrogen (secondary N) is 1. The van der Waals surface area contributed by atoms with Crippen molar-refractivity contribution in [3.05, 3.63) is 55.7 Å². The fourth-order valence-corrected chi connectivity index (χ4v) is 2.50. The maximum absolute atomic E-state index is 6.12. The van der Waals surface area contributed by atoms with Crippen LogP contribution in [-0.4, -0.2) is 4.98 Å². The molecule has 0 unspecified atom stereocenters. The summed E-state index contributed by atoms with van der Waals surface area (Å²) in [5.41, 5.74) is 1.63. The zero-order valence-electron chi connectivity index (χ0n) is 9.05. The largest absolute Gasteiger partial charge is 0.379 e. The summed E-state index contributed by atoms with van der Waals surface area (Å²) in [4.78, 5) is 4.12. The minimum Gasteiger partial charge on any atom is -0.379 e. The van der Waals surface area contributed by atoms with Crippen LogP contribution in [0.25, 0.3) is 0 Å². The molecule has 0 spiro atoms. The molecule has 0 saturated heterocycles. The van der Waals surface area contributed by atoms with Crippen LogP contribution in [0.3, 0.4) is 0 Å². The highest BCUT2D eigenvalue weighted by molar-refractivity contribution is 9.10. The topological polar surface area (TPSA) is 24.9 Å². The lowest BCUT2D eigenvalue weighted by Crippen LogP contribution is -2.02. The minimum atomic E-state index is 0.469. The third-order valence-corrected chi connectivity index (χ3v) is 4.18. The van der Waals surface area contributed by atoms with Gasteiger partial charge in [0.05, 0.1) is 15.7 Å². The SMILES string of the molecule is Clc1ccc(Cl)c(CNc2cccnc2Br)c1Cl. The Labute approximate surface area is 128 Å². The van der Waals surface area contributed by atoms with Crippen molar-refractivity contribution in [1.82, 2.24) is 4.98 Å². The predicted molar refractivity (Wildman–Crippen MR) is 80.7 cm³/mol. The number of pyridine rings is 1. The van der Waals surface area contributed by atoms with E-state index in [0.717, 1.165) is 15.9 Å².